The number of imide groups is 1. The molecule has 4 rings (SSSR count). The number of carbonyl (C=O) groups is 3. The molecule has 1 N–H and O–H groups in total. The van der Waals surface area contributed by atoms with E-state index in [-0.39, 0.29) is 41.2 Å². The largest absolute Gasteiger partial charge is 0.462 e. The molecule has 0 aliphatic carbocycles. The zero-order valence-corrected chi connectivity index (χ0v) is 19.0. The Balaban J connectivity index is 1.41. The van der Waals surface area contributed by atoms with Gasteiger partial charge in [-0.05, 0) is 55.3 Å². The summed E-state index contributed by atoms with van der Waals surface area (Å²) in [6.07, 6.45) is 1.69. The number of pyridine rings is 1. The second kappa shape index (κ2) is 9.44. The first-order valence-electron chi connectivity index (χ1n) is 10.5. The Hall–Kier alpha value is -4.05. The predicted molar refractivity (Wildman–Crippen MR) is 123 cm³/mol. The summed E-state index contributed by atoms with van der Waals surface area (Å²) >= 11 is 0. The summed E-state index contributed by atoms with van der Waals surface area (Å²) in [5, 5.41) is 0. The van der Waals surface area contributed by atoms with Crippen molar-refractivity contribution >= 4 is 33.6 Å². The van der Waals surface area contributed by atoms with Gasteiger partial charge in [0.05, 0.1) is 28.2 Å². The number of esters is 1. The zero-order chi connectivity index (χ0) is 24.3. The second-order valence-electron chi connectivity index (χ2n) is 7.46. The van der Waals surface area contributed by atoms with Crippen LogP contribution >= 0.6 is 0 Å². The highest BCUT2D eigenvalue weighted by Gasteiger charge is 2.34. The summed E-state index contributed by atoms with van der Waals surface area (Å²) < 4.78 is 32.7. The molecule has 1 aliphatic heterocycles. The lowest BCUT2D eigenvalue weighted by Crippen LogP contribution is -2.31. The van der Waals surface area contributed by atoms with Crippen molar-refractivity contribution in [2.24, 2.45) is 0 Å². The first kappa shape index (κ1) is 23.1. The van der Waals surface area contributed by atoms with Gasteiger partial charge in [0.25, 0.3) is 21.8 Å². The number of anilines is 1. The summed E-state index contributed by atoms with van der Waals surface area (Å²) in [7, 11) is -3.95. The summed E-state index contributed by atoms with van der Waals surface area (Å²) in [6, 6.07) is 15.5. The fourth-order valence-electron chi connectivity index (χ4n) is 3.54. The average Bonchev–Trinajstić information content (AvgIpc) is 3.08. The normalized spacial score (nSPS) is 13.0. The Morgan fingerprint density at radius 2 is 1.65 bits per heavy atom. The first-order chi connectivity index (χ1) is 16.3. The number of aromatic nitrogens is 1. The van der Waals surface area contributed by atoms with Crippen LogP contribution in [0.1, 0.15) is 43.6 Å². The molecule has 0 radical (unpaired) electrons. The van der Waals surface area contributed by atoms with Crippen molar-refractivity contribution in [2.45, 2.75) is 18.2 Å². The van der Waals surface area contributed by atoms with Crippen molar-refractivity contribution in [3.8, 4) is 0 Å². The third-order valence-electron chi connectivity index (χ3n) is 5.25. The van der Waals surface area contributed by atoms with Crippen molar-refractivity contribution in [3.63, 3.8) is 0 Å². The van der Waals surface area contributed by atoms with Gasteiger partial charge in [0, 0.05) is 12.7 Å². The van der Waals surface area contributed by atoms with Crippen LogP contribution < -0.4 is 4.72 Å². The number of hydrogen-bond donors (Lipinski definition) is 1. The van der Waals surface area contributed by atoms with Crippen molar-refractivity contribution < 1.29 is 27.5 Å². The minimum atomic E-state index is -3.95. The van der Waals surface area contributed by atoms with Crippen molar-refractivity contribution in [1.29, 1.82) is 0 Å². The van der Waals surface area contributed by atoms with Gasteiger partial charge in [0.15, 0.2) is 0 Å². The molecule has 0 atom stereocenters. The van der Waals surface area contributed by atoms with Crippen LogP contribution in [0.15, 0.2) is 71.8 Å². The number of fused-ring (bicyclic) bond motifs is 1. The highest BCUT2D eigenvalue weighted by Crippen LogP contribution is 2.23. The number of nitrogens with one attached hydrogen (secondary N) is 1. The minimum absolute atomic E-state index is 0.000295. The van der Waals surface area contributed by atoms with Crippen LogP contribution in [0.25, 0.3) is 0 Å². The Morgan fingerprint density at radius 1 is 1.00 bits per heavy atom. The summed E-state index contributed by atoms with van der Waals surface area (Å²) in [5.41, 5.74) is 1.72. The van der Waals surface area contributed by atoms with Crippen LogP contribution in [0.4, 0.5) is 5.82 Å². The quantitative estimate of drug-likeness (QED) is 0.389. The SMILES string of the molecule is CCOC(=O)c1ccnc(NS(=O)(=O)c2ccc(CCN3C(=O)c4ccccc4C3=O)cc2)c1. The van der Waals surface area contributed by atoms with E-state index in [9.17, 15) is 22.8 Å². The van der Waals surface area contributed by atoms with Crippen molar-refractivity contribution in [2.75, 3.05) is 17.9 Å². The van der Waals surface area contributed by atoms with Gasteiger partial charge in [0.2, 0.25) is 0 Å². The van der Waals surface area contributed by atoms with Crippen LogP contribution in [0.2, 0.25) is 0 Å². The standard InChI is InChI=1S/C24H21N3O6S/c1-2-33-24(30)17-11-13-25-21(15-17)26-34(31,32)18-9-7-16(8-10-18)12-14-27-22(28)19-5-3-4-6-20(19)23(27)29/h3-11,13,15H,2,12,14H2,1H3,(H,25,26). The molecular weight excluding hydrogens is 458 g/mol. The predicted octanol–water partition coefficient (Wildman–Crippen LogP) is 2.90. The van der Waals surface area contributed by atoms with E-state index in [1.165, 1.54) is 35.4 Å². The molecule has 2 amide bonds. The third kappa shape index (κ3) is 4.67. The maximum Gasteiger partial charge on any atom is 0.338 e. The van der Waals surface area contributed by atoms with Gasteiger partial charge in [-0.25, -0.2) is 18.2 Å². The number of carbonyl (C=O) groups excluding carboxylic acids is 3. The van der Waals surface area contributed by atoms with E-state index in [2.05, 4.69) is 9.71 Å². The smallest absolute Gasteiger partial charge is 0.338 e. The second-order valence-corrected chi connectivity index (χ2v) is 9.14. The number of benzene rings is 2. The maximum atomic E-state index is 12.7. The van der Waals surface area contributed by atoms with E-state index in [1.807, 2.05) is 0 Å². The van der Waals surface area contributed by atoms with E-state index in [0.717, 1.165) is 5.56 Å². The molecule has 0 spiro atoms. The molecule has 0 unspecified atom stereocenters. The highest BCUT2D eigenvalue weighted by molar-refractivity contribution is 7.92. The van der Waals surface area contributed by atoms with Gasteiger partial charge < -0.3 is 4.74 Å². The topological polar surface area (TPSA) is 123 Å². The number of rotatable bonds is 8. The van der Waals surface area contributed by atoms with Crippen LogP contribution in [-0.4, -0.2) is 49.2 Å². The fraction of sp³-hybridized carbons (Fsp3) is 0.167. The van der Waals surface area contributed by atoms with E-state index in [4.69, 9.17) is 4.74 Å². The Labute approximate surface area is 196 Å². The van der Waals surface area contributed by atoms with E-state index in [0.29, 0.717) is 17.5 Å². The molecule has 0 bridgehead atoms. The minimum Gasteiger partial charge on any atom is -0.462 e. The van der Waals surface area contributed by atoms with Gasteiger partial charge in [-0.3, -0.25) is 19.2 Å². The van der Waals surface area contributed by atoms with Crippen molar-refractivity contribution in [1.82, 2.24) is 9.88 Å². The molecule has 34 heavy (non-hydrogen) atoms. The molecule has 9 nitrogen and oxygen atoms in total. The molecule has 2 heterocycles. The summed E-state index contributed by atoms with van der Waals surface area (Å²) in [4.78, 5) is 41.9. The van der Waals surface area contributed by atoms with Crippen LogP contribution in [0.3, 0.4) is 0 Å². The Bertz CT molecular complexity index is 1330. The first-order valence-corrected chi connectivity index (χ1v) is 12.0. The summed E-state index contributed by atoms with van der Waals surface area (Å²) in [6.45, 7) is 2.05. The number of nitrogens with zero attached hydrogens (tertiary/aromatic N) is 2. The van der Waals surface area contributed by atoms with E-state index < -0.39 is 16.0 Å². The molecule has 174 valence electrons. The summed E-state index contributed by atoms with van der Waals surface area (Å²) in [5.74, 6) is -1.25. The van der Waals surface area contributed by atoms with Crippen LogP contribution in [-0.2, 0) is 21.2 Å². The van der Waals surface area contributed by atoms with Gasteiger partial charge in [-0.2, -0.15) is 0 Å². The third-order valence-corrected chi connectivity index (χ3v) is 6.62. The van der Waals surface area contributed by atoms with Gasteiger partial charge in [-0.15, -0.1) is 0 Å². The van der Waals surface area contributed by atoms with Gasteiger partial charge >= 0.3 is 5.97 Å². The number of hydrogen-bond acceptors (Lipinski definition) is 7. The molecular formula is C24H21N3O6S. The van der Waals surface area contributed by atoms with E-state index >= 15 is 0 Å². The molecule has 2 aromatic carbocycles. The fourth-order valence-corrected chi connectivity index (χ4v) is 4.54. The molecule has 1 aromatic heterocycles. The molecule has 0 fully saturated rings. The van der Waals surface area contributed by atoms with Crippen LogP contribution in [0, 0.1) is 0 Å². The average molecular weight is 480 g/mol. The highest BCUT2D eigenvalue weighted by atomic mass is 32.2. The molecule has 1 aliphatic rings. The Kier molecular flexibility index (Phi) is 6.42. The maximum absolute atomic E-state index is 12.7. The lowest BCUT2D eigenvalue weighted by atomic mass is 10.1. The number of ether oxygens (including phenoxy) is 1. The molecule has 3 aromatic rings. The monoisotopic (exact) mass is 479 g/mol. The number of amides is 2. The lowest BCUT2D eigenvalue weighted by molar-refractivity contribution is 0.0525. The zero-order valence-electron chi connectivity index (χ0n) is 18.2. The van der Waals surface area contributed by atoms with Crippen molar-refractivity contribution in [3.05, 3.63) is 89.1 Å². The molecule has 0 saturated heterocycles. The van der Waals surface area contributed by atoms with Gasteiger partial charge in [0.1, 0.15) is 5.82 Å². The number of sulfonamides is 1. The molecule has 10 heteroatoms. The lowest BCUT2D eigenvalue weighted by Gasteiger charge is -2.14. The van der Waals surface area contributed by atoms with E-state index in [1.54, 1.807) is 43.3 Å². The molecule has 0 saturated carbocycles. The van der Waals surface area contributed by atoms with Crippen LogP contribution in [0.5, 0.6) is 0 Å². The Morgan fingerprint density at radius 3 is 2.26 bits per heavy atom. The van der Waals surface area contributed by atoms with Gasteiger partial charge in [-0.1, -0.05) is 24.3 Å².